The van der Waals surface area contributed by atoms with Crippen molar-refractivity contribution in [3.05, 3.63) is 0 Å². The maximum atomic E-state index is 10.5. The average molecular weight is 152 g/mol. The van der Waals surface area contributed by atoms with Crippen LogP contribution in [-0.4, -0.2) is 11.1 Å². The van der Waals surface area contributed by atoms with Gasteiger partial charge in [-0.15, -0.1) is 12.3 Å². The van der Waals surface area contributed by atoms with Gasteiger partial charge in [0.1, 0.15) is 0 Å². The molecule has 1 aliphatic carbocycles. The molecule has 0 bridgehead atoms. The third-order valence-electron chi connectivity index (χ3n) is 2.31. The maximum absolute atomic E-state index is 10.5. The third kappa shape index (κ3) is 1.98. The van der Waals surface area contributed by atoms with Crippen molar-refractivity contribution < 1.29 is 9.90 Å². The number of carbonyl (C=O) groups is 1. The second-order valence-electron chi connectivity index (χ2n) is 3.05. The second-order valence-corrected chi connectivity index (χ2v) is 3.05. The van der Waals surface area contributed by atoms with Crippen molar-refractivity contribution in [1.29, 1.82) is 0 Å². The van der Waals surface area contributed by atoms with Gasteiger partial charge >= 0.3 is 5.97 Å². The van der Waals surface area contributed by atoms with Crippen molar-refractivity contribution in [1.82, 2.24) is 0 Å². The lowest BCUT2D eigenvalue weighted by Crippen LogP contribution is -2.20. The summed E-state index contributed by atoms with van der Waals surface area (Å²) in [6, 6.07) is 0. The zero-order valence-electron chi connectivity index (χ0n) is 6.42. The van der Waals surface area contributed by atoms with Crippen molar-refractivity contribution in [3.8, 4) is 12.3 Å². The molecule has 2 nitrogen and oxygen atoms in total. The van der Waals surface area contributed by atoms with Crippen molar-refractivity contribution in [2.24, 2.45) is 11.8 Å². The molecular weight excluding hydrogens is 140 g/mol. The van der Waals surface area contributed by atoms with E-state index in [1.165, 1.54) is 0 Å². The van der Waals surface area contributed by atoms with E-state index in [4.69, 9.17) is 11.5 Å². The summed E-state index contributed by atoms with van der Waals surface area (Å²) in [7, 11) is 0. The summed E-state index contributed by atoms with van der Waals surface area (Å²) in [5.74, 6) is 2.19. The Balaban J connectivity index is 2.37. The quantitative estimate of drug-likeness (QED) is 0.578. The summed E-state index contributed by atoms with van der Waals surface area (Å²) in [5, 5.41) is 8.65. The van der Waals surface area contributed by atoms with E-state index in [0.717, 1.165) is 25.7 Å². The molecule has 0 atom stereocenters. The number of carboxylic acids is 1. The summed E-state index contributed by atoms with van der Waals surface area (Å²) in [6.07, 6.45) is 8.50. The minimum Gasteiger partial charge on any atom is -0.481 e. The minimum atomic E-state index is -0.666. The summed E-state index contributed by atoms with van der Waals surface area (Å²) in [6.45, 7) is 0. The zero-order chi connectivity index (χ0) is 8.27. The SMILES string of the molecule is C#CC1CCC(C(=O)O)CC1. The molecule has 0 aliphatic heterocycles. The van der Waals surface area contributed by atoms with Crippen LogP contribution in [0.4, 0.5) is 0 Å². The smallest absolute Gasteiger partial charge is 0.306 e. The van der Waals surface area contributed by atoms with Crippen LogP contribution in [-0.2, 0) is 4.79 Å². The van der Waals surface area contributed by atoms with Gasteiger partial charge in [-0.1, -0.05) is 0 Å². The van der Waals surface area contributed by atoms with Crippen LogP contribution in [0.2, 0.25) is 0 Å². The summed E-state index contributed by atoms with van der Waals surface area (Å²) in [4.78, 5) is 10.5. The fourth-order valence-electron chi connectivity index (χ4n) is 1.51. The molecule has 0 radical (unpaired) electrons. The molecule has 1 aliphatic rings. The van der Waals surface area contributed by atoms with Gasteiger partial charge in [-0.25, -0.2) is 0 Å². The molecule has 0 amide bonds. The molecule has 2 heteroatoms. The normalized spacial score (nSPS) is 30.8. The number of terminal acetylenes is 1. The number of hydrogen-bond acceptors (Lipinski definition) is 1. The van der Waals surface area contributed by atoms with Crippen molar-refractivity contribution in [2.75, 3.05) is 0 Å². The predicted octanol–water partition coefficient (Wildman–Crippen LogP) is 1.51. The molecule has 11 heavy (non-hydrogen) atoms. The molecule has 0 spiro atoms. The Kier molecular flexibility index (Phi) is 2.53. The Morgan fingerprint density at radius 1 is 1.36 bits per heavy atom. The van der Waals surface area contributed by atoms with E-state index in [9.17, 15) is 4.79 Å². The number of carboxylic acid groups (broad SMARTS) is 1. The van der Waals surface area contributed by atoms with Crippen molar-refractivity contribution in [2.45, 2.75) is 25.7 Å². The van der Waals surface area contributed by atoms with Crippen LogP contribution >= 0.6 is 0 Å². The second kappa shape index (κ2) is 3.43. The summed E-state index contributed by atoms with van der Waals surface area (Å²) in [5.41, 5.74) is 0. The molecular formula is C9H12O2. The largest absolute Gasteiger partial charge is 0.481 e. The highest BCUT2D eigenvalue weighted by molar-refractivity contribution is 5.70. The van der Waals surface area contributed by atoms with E-state index in [0.29, 0.717) is 5.92 Å². The van der Waals surface area contributed by atoms with Crippen LogP contribution in [0.25, 0.3) is 0 Å². The predicted molar refractivity (Wildman–Crippen MR) is 41.9 cm³/mol. The van der Waals surface area contributed by atoms with E-state index in [1.807, 2.05) is 0 Å². The number of rotatable bonds is 1. The Hall–Kier alpha value is -0.970. The highest BCUT2D eigenvalue weighted by atomic mass is 16.4. The standard InChI is InChI=1S/C9H12O2/c1-2-7-3-5-8(6-4-7)9(10)11/h1,7-8H,3-6H2,(H,10,11). The van der Waals surface area contributed by atoms with E-state index in [2.05, 4.69) is 5.92 Å². The molecule has 0 aromatic rings. The first-order chi connectivity index (χ1) is 5.24. The minimum absolute atomic E-state index is 0.139. The van der Waals surface area contributed by atoms with Gasteiger partial charge in [0.2, 0.25) is 0 Å². The summed E-state index contributed by atoms with van der Waals surface area (Å²) >= 11 is 0. The maximum Gasteiger partial charge on any atom is 0.306 e. The molecule has 1 fully saturated rings. The molecule has 0 saturated heterocycles. The van der Waals surface area contributed by atoms with Crippen LogP contribution < -0.4 is 0 Å². The van der Waals surface area contributed by atoms with Crippen LogP contribution in [0, 0.1) is 24.2 Å². The monoisotopic (exact) mass is 152 g/mol. The van der Waals surface area contributed by atoms with Gasteiger partial charge in [-0.3, -0.25) is 4.79 Å². The Morgan fingerprint density at radius 3 is 2.27 bits per heavy atom. The van der Waals surface area contributed by atoms with Gasteiger partial charge in [0.25, 0.3) is 0 Å². The highest BCUT2D eigenvalue weighted by Gasteiger charge is 2.24. The van der Waals surface area contributed by atoms with Gasteiger partial charge in [0.15, 0.2) is 0 Å². The first-order valence-electron chi connectivity index (χ1n) is 3.93. The first kappa shape index (κ1) is 8.13. The lowest BCUT2D eigenvalue weighted by molar-refractivity contribution is -0.142. The van der Waals surface area contributed by atoms with Gasteiger partial charge in [0.05, 0.1) is 5.92 Å². The van der Waals surface area contributed by atoms with Crippen LogP contribution in [0.3, 0.4) is 0 Å². The van der Waals surface area contributed by atoms with E-state index >= 15 is 0 Å². The molecule has 60 valence electrons. The van der Waals surface area contributed by atoms with Crippen LogP contribution in [0.5, 0.6) is 0 Å². The zero-order valence-corrected chi connectivity index (χ0v) is 6.42. The first-order valence-corrected chi connectivity index (χ1v) is 3.93. The number of aliphatic carboxylic acids is 1. The Morgan fingerprint density at radius 2 is 1.91 bits per heavy atom. The fourth-order valence-corrected chi connectivity index (χ4v) is 1.51. The molecule has 0 aromatic carbocycles. The van der Waals surface area contributed by atoms with E-state index in [-0.39, 0.29) is 5.92 Å². The van der Waals surface area contributed by atoms with E-state index < -0.39 is 5.97 Å². The highest BCUT2D eigenvalue weighted by Crippen LogP contribution is 2.27. The molecule has 0 unspecified atom stereocenters. The van der Waals surface area contributed by atoms with Crippen LogP contribution in [0.1, 0.15) is 25.7 Å². The van der Waals surface area contributed by atoms with Crippen molar-refractivity contribution in [3.63, 3.8) is 0 Å². The van der Waals surface area contributed by atoms with Gasteiger partial charge in [-0.2, -0.15) is 0 Å². The van der Waals surface area contributed by atoms with Crippen LogP contribution in [0.15, 0.2) is 0 Å². The lowest BCUT2D eigenvalue weighted by atomic mass is 9.82. The topological polar surface area (TPSA) is 37.3 Å². The average Bonchev–Trinajstić information content (AvgIpc) is 2.05. The third-order valence-corrected chi connectivity index (χ3v) is 2.31. The molecule has 0 heterocycles. The van der Waals surface area contributed by atoms with Crippen molar-refractivity contribution >= 4 is 5.97 Å². The van der Waals surface area contributed by atoms with Gasteiger partial charge in [0, 0.05) is 5.92 Å². The summed E-state index contributed by atoms with van der Waals surface area (Å²) < 4.78 is 0. The molecule has 1 N–H and O–H groups in total. The van der Waals surface area contributed by atoms with Gasteiger partial charge < -0.3 is 5.11 Å². The molecule has 0 aromatic heterocycles. The Labute approximate surface area is 66.6 Å². The lowest BCUT2D eigenvalue weighted by Gasteiger charge is -2.21. The molecule has 1 saturated carbocycles. The molecule has 1 rings (SSSR count). The van der Waals surface area contributed by atoms with Gasteiger partial charge in [-0.05, 0) is 25.7 Å². The Bertz CT molecular complexity index is 182. The fraction of sp³-hybridized carbons (Fsp3) is 0.667. The number of hydrogen-bond donors (Lipinski definition) is 1. The van der Waals surface area contributed by atoms with E-state index in [1.54, 1.807) is 0 Å².